The first-order valence-electron chi connectivity index (χ1n) is 8.03. The molecule has 0 radical (unpaired) electrons. The van der Waals surface area contributed by atoms with E-state index in [1.54, 1.807) is 0 Å². The molecule has 0 amide bonds. The first-order valence-corrected chi connectivity index (χ1v) is 8.03. The highest BCUT2D eigenvalue weighted by molar-refractivity contribution is 5.79. The van der Waals surface area contributed by atoms with Gasteiger partial charge in [0.25, 0.3) is 0 Å². The zero-order valence-electron chi connectivity index (χ0n) is 12.1. The highest BCUT2D eigenvalue weighted by Gasteiger charge is 2.51. The van der Waals surface area contributed by atoms with Crippen LogP contribution in [0.15, 0.2) is 36.4 Å². The number of fused-ring (bicyclic) bond motifs is 9. The Morgan fingerprint density at radius 3 is 2.59 bits per heavy atom. The van der Waals surface area contributed by atoms with E-state index < -0.39 is 0 Å². The summed E-state index contributed by atoms with van der Waals surface area (Å²) in [5, 5.41) is 0. The van der Waals surface area contributed by atoms with Gasteiger partial charge >= 0.3 is 0 Å². The van der Waals surface area contributed by atoms with Crippen LogP contribution in [0.25, 0.3) is 11.1 Å². The zero-order valence-corrected chi connectivity index (χ0v) is 12.1. The summed E-state index contributed by atoms with van der Waals surface area (Å²) in [6, 6.07) is 13.2. The van der Waals surface area contributed by atoms with Crippen molar-refractivity contribution in [3.63, 3.8) is 0 Å². The minimum absolute atomic E-state index is 0.196. The Labute approximate surface area is 128 Å². The van der Waals surface area contributed by atoms with E-state index in [-0.39, 0.29) is 24.4 Å². The molecule has 4 atom stereocenters. The lowest BCUT2D eigenvalue weighted by Crippen LogP contribution is -2.06. The number of epoxide rings is 2. The van der Waals surface area contributed by atoms with Gasteiger partial charge in [-0.3, -0.25) is 0 Å². The average Bonchev–Trinajstić information content (AvgIpc) is 3.44. The van der Waals surface area contributed by atoms with E-state index >= 15 is 0 Å². The van der Waals surface area contributed by atoms with E-state index in [1.807, 2.05) is 0 Å². The number of ether oxygens (including phenoxy) is 3. The van der Waals surface area contributed by atoms with Gasteiger partial charge in [0.05, 0.1) is 13.2 Å². The lowest BCUT2D eigenvalue weighted by atomic mass is 9.91. The van der Waals surface area contributed by atoms with Gasteiger partial charge in [-0.1, -0.05) is 36.4 Å². The summed E-state index contributed by atoms with van der Waals surface area (Å²) < 4.78 is 17.5. The quantitative estimate of drug-likeness (QED) is 0.597. The van der Waals surface area contributed by atoms with Gasteiger partial charge in [0.15, 0.2) is 0 Å². The molecule has 2 aromatic rings. The average molecular weight is 292 g/mol. The van der Waals surface area contributed by atoms with Gasteiger partial charge in [0.2, 0.25) is 0 Å². The predicted octanol–water partition coefficient (Wildman–Crippen LogP) is 3.17. The van der Waals surface area contributed by atoms with Gasteiger partial charge in [0, 0.05) is 0 Å². The van der Waals surface area contributed by atoms with Crippen LogP contribution in [0.1, 0.15) is 34.5 Å². The van der Waals surface area contributed by atoms with E-state index in [9.17, 15) is 0 Å². The van der Waals surface area contributed by atoms with E-state index in [2.05, 4.69) is 36.4 Å². The number of hydrogen-bond acceptors (Lipinski definition) is 3. The molecule has 0 bridgehead atoms. The van der Waals surface area contributed by atoms with Crippen LogP contribution in [0, 0.1) is 0 Å². The summed E-state index contributed by atoms with van der Waals surface area (Å²) in [5.74, 6) is 0. The molecular weight excluding hydrogens is 276 g/mol. The second-order valence-electron chi connectivity index (χ2n) is 6.66. The van der Waals surface area contributed by atoms with Gasteiger partial charge in [0.1, 0.15) is 24.4 Å². The molecule has 0 saturated carbocycles. The van der Waals surface area contributed by atoms with Crippen LogP contribution in [-0.4, -0.2) is 25.4 Å². The second-order valence-corrected chi connectivity index (χ2v) is 6.66. The Balaban J connectivity index is 1.57. The molecule has 1 aliphatic carbocycles. The molecule has 0 spiro atoms. The van der Waals surface area contributed by atoms with Crippen molar-refractivity contribution in [1.29, 1.82) is 0 Å². The van der Waals surface area contributed by atoms with Crippen molar-refractivity contribution in [3.8, 4) is 11.1 Å². The van der Waals surface area contributed by atoms with E-state index in [4.69, 9.17) is 14.2 Å². The Morgan fingerprint density at radius 1 is 0.818 bits per heavy atom. The van der Waals surface area contributed by atoms with Crippen LogP contribution < -0.4 is 0 Å². The maximum atomic E-state index is 5.93. The molecule has 110 valence electrons. The summed E-state index contributed by atoms with van der Waals surface area (Å²) >= 11 is 0. The third-order valence-corrected chi connectivity index (χ3v) is 5.39. The minimum Gasteiger partial charge on any atom is -0.376 e. The van der Waals surface area contributed by atoms with Crippen molar-refractivity contribution in [2.24, 2.45) is 0 Å². The number of hydrogen-bond donors (Lipinski definition) is 0. The minimum atomic E-state index is 0.196. The van der Waals surface area contributed by atoms with E-state index in [0.29, 0.717) is 13.2 Å². The summed E-state index contributed by atoms with van der Waals surface area (Å²) in [7, 11) is 0. The van der Waals surface area contributed by atoms with Crippen LogP contribution in [0.2, 0.25) is 0 Å². The fourth-order valence-corrected chi connectivity index (χ4v) is 4.20. The Kier molecular flexibility index (Phi) is 2.14. The van der Waals surface area contributed by atoms with Crippen LogP contribution >= 0.6 is 0 Å². The standard InChI is InChI=1S/C19H16O3/c1-2-4-11-10(3-1)7-14-12(11)5-6-13-17(14)19-16(22-19)9-20-8-15-18(13)21-15/h1-6,15-16,18-19H,7-9H2. The smallest absolute Gasteiger partial charge is 0.112 e. The molecule has 6 rings (SSSR count). The van der Waals surface area contributed by atoms with E-state index in [1.165, 1.54) is 33.4 Å². The van der Waals surface area contributed by atoms with Crippen molar-refractivity contribution in [2.45, 2.75) is 30.8 Å². The zero-order chi connectivity index (χ0) is 14.3. The molecule has 3 aliphatic heterocycles. The van der Waals surface area contributed by atoms with Crippen LogP contribution in [0.4, 0.5) is 0 Å². The molecule has 3 nitrogen and oxygen atoms in total. The molecule has 0 aromatic heterocycles. The summed E-state index contributed by atoms with van der Waals surface area (Å²) in [4.78, 5) is 0. The SMILES string of the molecule is c1ccc2c(c1)Cc1c-2ccc2c1C1OC1COCC1OC21. The topological polar surface area (TPSA) is 34.3 Å². The van der Waals surface area contributed by atoms with Crippen LogP contribution in [0.3, 0.4) is 0 Å². The molecule has 4 aliphatic rings. The number of benzene rings is 2. The molecule has 4 unspecified atom stereocenters. The summed E-state index contributed by atoms with van der Waals surface area (Å²) in [5.41, 5.74) is 8.34. The molecule has 3 heterocycles. The van der Waals surface area contributed by atoms with Gasteiger partial charge in [-0.05, 0) is 39.8 Å². The highest BCUT2D eigenvalue weighted by atomic mass is 16.6. The number of rotatable bonds is 0. The maximum Gasteiger partial charge on any atom is 0.112 e. The van der Waals surface area contributed by atoms with Crippen molar-refractivity contribution in [3.05, 3.63) is 58.7 Å². The van der Waals surface area contributed by atoms with Crippen molar-refractivity contribution >= 4 is 0 Å². The van der Waals surface area contributed by atoms with Crippen LogP contribution in [-0.2, 0) is 20.6 Å². The fraction of sp³-hybridized carbons (Fsp3) is 0.368. The van der Waals surface area contributed by atoms with Gasteiger partial charge < -0.3 is 14.2 Å². The first kappa shape index (κ1) is 11.8. The third kappa shape index (κ3) is 1.51. The molecule has 2 aromatic carbocycles. The molecule has 2 fully saturated rings. The Hall–Kier alpha value is -1.68. The van der Waals surface area contributed by atoms with E-state index in [0.717, 1.165) is 6.42 Å². The van der Waals surface area contributed by atoms with Crippen molar-refractivity contribution < 1.29 is 14.2 Å². The molecule has 2 saturated heterocycles. The predicted molar refractivity (Wildman–Crippen MR) is 80.7 cm³/mol. The Bertz CT molecular complexity index is 797. The van der Waals surface area contributed by atoms with Crippen molar-refractivity contribution in [1.82, 2.24) is 0 Å². The highest BCUT2D eigenvalue weighted by Crippen LogP contribution is 2.53. The first-order chi connectivity index (χ1) is 10.9. The molecule has 3 heteroatoms. The molecular formula is C19H16O3. The second kappa shape index (κ2) is 3.99. The normalized spacial score (nSPS) is 33.3. The lowest BCUT2D eigenvalue weighted by molar-refractivity contribution is 0.102. The van der Waals surface area contributed by atoms with Gasteiger partial charge in [-0.15, -0.1) is 0 Å². The fourth-order valence-electron chi connectivity index (χ4n) is 4.20. The van der Waals surface area contributed by atoms with Crippen LogP contribution in [0.5, 0.6) is 0 Å². The molecule has 22 heavy (non-hydrogen) atoms. The van der Waals surface area contributed by atoms with Gasteiger partial charge in [-0.2, -0.15) is 0 Å². The van der Waals surface area contributed by atoms with Crippen molar-refractivity contribution in [2.75, 3.05) is 13.2 Å². The summed E-state index contributed by atoms with van der Waals surface area (Å²) in [6.07, 6.45) is 1.87. The largest absolute Gasteiger partial charge is 0.376 e. The maximum absolute atomic E-state index is 5.93. The lowest BCUT2D eigenvalue weighted by Gasteiger charge is -2.12. The Morgan fingerprint density at radius 2 is 1.64 bits per heavy atom. The van der Waals surface area contributed by atoms with Gasteiger partial charge in [-0.25, -0.2) is 0 Å². The monoisotopic (exact) mass is 292 g/mol. The summed E-state index contributed by atoms with van der Waals surface area (Å²) in [6.45, 7) is 1.38. The molecule has 0 N–H and O–H groups in total. The third-order valence-electron chi connectivity index (χ3n) is 5.39.